The zero-order valence-corrected chi connectivity index (χ0v) is 24.2. The lowest BCUT2D eigenvalue weighted by molar-refractivity contribution is -0.140. The molecule has 222 valence electrons. The first-order valence-electron chi connectivity index (χ1n) is 13.9. The van der Waals surface area contributed by atoms with Gasteiger partial charge < -0.3 is 19.7 Å². The van der Waals surface area contributed by atoms with Crippen molar-refractivity contribution in [2.45, 2.75) is 50.7 Å². The second-order valence-corrected chi connectivity index (χ2v) is 12.5. The monoisotopic (exact) mass is 595 g/mol. The maximum absolute atomic E-state index is 14.9. The molecule has 11 heteroatoms. The zero-order chi connectivity index (χ0) is 29.7. The lowest BCUT2D eigenvalue weighted by atomic mass is 10.0. The molecule has 3 aromatic rings. The molecule has 42 heavy (non-hydrogen) atoms. The molecule has 0 spiro atoms. The largest absolute Gasteiger partial charge is 0.454 e. The molecule has 0 bridgehead atoms. The molecule has 0 aromatic heterocycles. The van der Waals surface area contributed by atoms with Gasteiger partial charge in [-0.3, -0.25) is 13.9 Å². The maximum atomic E-state index is 14.9. The van der Waals surface area contributed by atoms with Gasteiger partial charge >= 0.3 is 0 Å². The molecular weight excluding hydrogens is 561 g/mol. The fourth-order valence-electron chi connectivity index (χ4n) is 5.39. The highest BCUT2D eigenvalue weighted by Gasteiger charge is 2.35. The van der Waals surface area contributed by atoms with Gasteiger partial charge in [-0.25, -0.2) is 12.8 Å². The fourth-order valence-corrected chi connectivity index (χ4v) is 6.23. The Morgan fingerprint density at radius 2 is 1.67 bits per heavy atom. The van der Waals surface area contributed by atoms with Crippen LogP contribution in [0.4, 0.5) is 10.1 Å². The number of nitrogens with one attached hydrogen (secondary N) is 1. The van der Waals surface area contributed by atoms with Crippen LogP contribution in [0, 0.1) is 5.82 Å². The summed E-state index contributed by atoms with van der Waals surface area (Å²) in [7, 11) is -3.95. The van der Waals surface area contributed by atoms with E-state index in [0.29, 0.717) is 11.5 Å². The smallest absolute Gasteiger partial charge is 0.244 e. The Morgan fingerprint density at radius 3 is 2.38 bits per heavy atom. The minimum Gasteiger partial charge on any atom is -0.454 e. The molecule has 1 aliphatic heterocycles. The number of amides is 2. The van der Waals surface area contributed by atoms with Crippen molar-refractivity contribution in [3.8, 4) is 11.5 Å². The number of ether oxygens (including phenoxy) is 2. The van der Waals surface area contributed by atoms with Crippen LogP contribution < -0.4 is 19.1 Å². The van der Waals surface area contributed by atoms with E-state index >= 15 is 0 Å². The van der Waals surface area contributed by atoms with Gasteiger partial charge in [0.2, 0.25) is 28.6 Å². The number of nitrogens with zero attached hydrogens (tertiary/aromatic N) is 2. The molecule has 2 amide bonds. The minimum atomic E-state index is -3.95. The van der Waals surface area contributed by atoms with Gasteiger partial charge in [-0.2, -0.15) is 0 Å². The van der Waals surface area contributed by atoms with E-state index in [-0.39, 0.29) is 43.0 Å². The summed E-state index contributed by atoms with van der Waals surface area (Å²) in [4.78, 5) is 29.3. The van der Waals surface area contributed by atoms with Crippen molar-refractivity contribution in [1.82, 2.24) is 10.2 Å². The molecule has 9 nitrogen and oxygen atoms in total. The van der Waals surface area contributed by atoms with Crippen molar-refractivity contribution in [3.05, 3.63) is 89.7 Å². The highest BCUT2D eigenvalue weighted by molar-refractivity contribution is 7.92. The summed E-state index contributed by atoms with van der Waals surface area (Å²) >= 11 is 0. The molecule has 1 fully saturated rings. The lowest BCUT2D eigenvalue weighted by Gasteiger charge is -2.34. The summed E-state index contributed by atoms with van der Waals surface area (Å²) in [5.41, 5.74) is 1.23. The second-order valence-electron chi connectivity index (χ2n) is 10.6. The van der Waals surface area contributed by atoms with Gasteiger partial charge in [0.05, 0.1) is 11.9 Å². The van der Waals surface area contributed by atoms with Crippen LogP contribution in [0.1, 0.15) is 36.8 Å². The third kappa shape index (κ3) is 7.02. The Morgan fingerprint density at radius 1 is 0.976 bits per heavy atom. The summed E-state index contributed by atoms with van der Waals surface area (Å²) in [6.07, 6.45) is 4.87. The number of halogens is 1. The third-order valence-corrected chi connectivity index (χ3v) is 8.74. The lowest BCUT2D eigenvalue weighted by Crippen LogP contribution is -2.54. The van der Waals surface area contributed by atoms with Crippen LogP contribution in [0.2, 0.25) is 0 Å². The summed E-state index contributed by atoms with van der Waals surface area (Å²) in [5.74, 6) is -0.713. The topological polar surface area (TPSA) is 105 Å². The Balaban J connectivity index is 1.51. The Labute approximate surface area is 245 Å². The first-order chi connectivity index (χ1) is 20.2. The summed E-state index contributed by atoms with van der Waals surface area (Å²) < 4.78 is 52.6. The fraction of sp³-hybridized carbons (Fsp3) is 0.355. The zero-order valence-electron chi connectivity index (χ0n) is 23.4. The second kappa shape index (κ2) is 12.8. The average molecular weight is 596 g/mol. The normalized spacial score (nSPS) is 15.3. The Bertz CT molecular complexity index is 1530. The molecule has 0 unspecified atom stereocenters. The summed E-state index contributed by atoms with van der Waals surface area (Å²) in [6.45, 7) is -0.820. The van der Waals surface area contributed by atoms with Crippen molar-refractivity contribution < 1.29 is 31.9 Å². The van der Waals surface area contributed by atoms with Crippen LogP contribution in [-0.4, -0.2) is 56.8 Å². The first kappa shape index (κ1) is 29.4. The number of carbonyl (C=O) groups is 2. The number of fused-ring (bicyclic) bond motifs is 1. The van der Waals surface area contributed by atoms with E-state index < -0.39 is 34.3 Å². The number of hydrogen-bond donors (Lipinski definition) is 1. The maximum Gasteiger partial charge on any atom is 0.244 e. The van der Waals surface area contributed by atoms with Crippen LogP contribution in [-0.2, 0) is 32.6 Å². The molecule has 5 rings (SSSR count). The van der Waals surface area contributed by atoms with Gasteiger partial charge in [0.1, 0.15) is 18.4 Å². The van der Waals surface area contributed by atoms with Crippen molar-refractivity contribution in [2.24, 2.45) is 0 Å². The van der Waals surface area contributed by atoms with Crippen LogP contribution in [0.15, 0.2) is 72.8 Å². The highest BCUT2D eigenvalue weighted by atomic mass is 32.2. The van der Waals surface area contributed by atoms with Gasteiger partial charge in [-0.1, -0.05) is 61.4 Å². The van der Waals surface area contributed by atoms with Gasteiger partial charge in [0, 0.05) is 30.6 Å². The minimum absolute atomic E-state index is 0.00425. The molecule has 2 aliphatic rings. The number of benzene rings is 3. The quantitative estimate of drug-likeness (QED) is 0.359. The van der Waals surface area contributed by atoms with Gasteiger partial charge in [-0.15, -0.1) is 0 Å². The summed E-state index contributed by atoms with van der Waals surface area (Å²) in [5, 5.41) is 3.09. The van der Waals surface area contributed by atoms with E-state index in [1.54, 1.807) is 24.3 Å². The predicted octanol–water partition coefficient (Wildman–Crippen LogP) is 4.02. The van der Waals surface area contributed by atoms with Crippen molar-refractivity contribution in [2.75, 3.05) is 23.9 Å². The molecule has 1 saturated carbocycles. The molecule has 1 atom stereocenters. The first-order valence-corrected chi connectivity index (χ1v) is 15.8. The van der Waals surface area contributed by atoms with Crippen molar-refractivity contribution in [3.63, 3.8) is 0 Å². The van der Waals surface area contributed by atoms with Crippen molar-refractivity contribution >= 4 is 27.5 Å². The number of sulfonamides is 1. The van der Waals surface area contributed by atoms with Crippen LogP contribution >= 0.6 is 0 Å². The standard InChI is InChI=1S/C31H34FN3O6S/c1-42(38,39)35(25-15-16-28-29(18-25)41-21-40-28)20-30(36)34(19-23-11-5-8-14-26(23)32)27(17-22-9-3-2-4-10-22)31(37)33-24-12-6-7-13-24/h2-5,8-11,14-16,18,24,27H,6-7,12-13,17,19-21H2,1H3,(H,33,37)/t27-/m1/s1. The highest BCUT2D eigenvalue weighted by Crippen LogP contribution is 2.36. The number of hydrogen-bond acceptors (Lipinski definition) is 6. The Kier molecular flexibility index (Phi) is 8.96. The van der Waals surface area contributed by atoms with Gasteiger partial charge in [-0.05, 0) is 36.6 Å². The van der Waals surface area contributed by atoms with E-state index in [9.17, 15) is 22.4 Å². The van der Waals surface area contributed by atoms with Crippen LogP contribution in [0.5, 0.6) is 11.5 Å². The van der Waals surface area contributed by atoms with E-state index in [2.05, 4.69) is 5.32 Å². The van der Waals surface area contributed by atoms with Crippen LogP contribution in [0.3, 0.4) is 0 Å². The van der Waals surface area contributed by atoms with E-state index in [0.717, 1.165) is 41.8 Å². The number of anilines is 1. The van der Waals surface area contributed by atoms with Gasteiger partial charge in [0.15, 0.2) is 11.5 Å². The predicted molar refractivity (Wildman–Crippen MR) is 156 cm³/mol. The molecule has 0 radical (unpaired) electrons. The molecule has 1 heterocycles. The molecule has 1 aliphatic carbocycles. The third-order valence-electron chi connectivity index (χ3n) is 7.59. The van der Waals surface area contributed by atoms with Crippen LogP contribution in [0.25, 0.3) is 0 Å². The summed E-state index contributed by atoms with van der Waals surface area (Å²) in [6, 6.07) is 18.9. The van der Waals surface area contributed by atoms with Crippen molar-refractivity contribution in [1.29, 1.82) is 0 Å². The Hall–Kier alpha value is -4.12. The molecular formula is C31H34FN3O6S. The molecule has 3 aromatic carbocycles. The van der Waals surface area contributed by atoms with Gasteiger partial charge in [0.25, 0.3) is 0 Å². The molecule has 0 saturated heterocycles. The van der Waals surface area contributed by atoms with E-state index in [4.69, 9.17) is 9.47 Å². The number of carbonyl (C=O) groups excluding carboxylic acids is 2. The SMILES string of the molecule is CS(=O)(=O)N(CC(=O)N(Cc1ccccc1F)[C@H](Cc1ccccc1)C(=O)NC1CCCC1)c1ccc2c(c1)OCO2. The molecule has 1 N–H and O–H groups in total. The average Bonchev–Trinajstić information content (AvgIpc) is 3.66. The van der Waals surface area contributed by atoms with E-state index in [1.165, 1.54) is 23.1 Å². The number of rotatable bonds is 11. The van der Waals surface area contributed by atoms with E-state index in [1.807, 2.05) is 30.3 Å².